The second-order valence-corrected chi connectivity index (χ2v) is 5.94. The number of rotatable bonds is 2. The van der Waals surface area contributed by atoms with Crippen molar-refractivity contribution < 1.29 is 9.90 Å². The van der Waals surface area contributed by atoms with E-state index in [1.54, 1.807) is 0 Å². The largest absolute Gasteiger partial charge is 0.481 e. The molecule has 20 heavy (non-hydrogen) atoms. The number of aryl methyl sites for hydroxylation is 1. The first-order chi connectivity index (χ1) is 9.66. The highest BCUT2D eigenvalue weighted by Crippen LogP contribution is 2.47. The Bertz CT molecular complexity index is 709. The average molecular weight is 270 g/mol. The SMILES string of the molecule is Cn1c2c(c3cccc(CC(=O)O)c31)C1CCN2CC1. The summed E-state index contributed by atoms with van der Waals surface area (Å²) in [6.45, 7) is 2.27. The number of hydrogen-bond acceptors (Lipinski definition) is 2. The van der Waals surface area contributed by atoms with E-state index in [1.165, 1.54) is 29.6 Å². The molecule has 2 bridgehead atoms. The van der Waals surface area contributed by atoms with Gasteiger partial charge in [-0.3, -0.25) is 4.79 Å². The van der Waals surface area contributed by atoms with Gasteiger partial charge in [-0.1, -0.05) is 18.2 Å². The summed E-state index contributed by atoms with van der Waals surface area (Å²) >= 11 is 0. The minimum Gasteiger partial charge on any atom is -0.481 e. The summed E-state index contributed by atoms with van der Waals surface area (Å²) < 4.78 is 2.22. The van der Waals surface area contributed by atoms with Gasteiger partial charge in [0.05, 0.1) is 11.9 Å². The average Bonchev–Trinajstić information content (AvgIpc) is 2.77. The van der Waals surface area contributed by atoms with Crippen LogP contribution in [-0.4, -0.2) is 28.7 Å². The molecule has 0 aliphatic carbocycles. The number of carbonyl (C=O) groups is 1. The van der Waals surface area contributed by atoms with Crippen LogP contribution in [0.4, 0.5) is 5.82 Å². The standard InChI is InChI=1S/C16H18N2O2/c1-17-15-11(9-13(19)20)3-2-4-12(15)14-10-5-7-18(8-6-10)16(14)17/h2-4,10H,5-9H2,1H3,(H,19,20). The van der Waals surface area contributed by atoms with Crippen molar-refractivity contribution in [2.24, 2.45) is 7.05 Å². The van der Waals surface area contributed by atoms with Gasteiger partial charge in [0.1, 0.15) is 5.82 Å². The molecule has 3 aliphatic heterocycles. The van der Waals surface area contributed by atoms with Crippen molar-refractivity contribution in [2.75, 3.05) is 18.0 Å². The smallest absolute Gasteiger partial charge is 0.307 e. The first-order valence-electron chi connectivity index (χ1n) is 7.23. The Hall–Kier alpha value is -1.97. The predicted octanol–water partition coefficient (Wildman–Crippen LogP) is 2.50. The number of fused-ring (bicyclic) bond motifs is 3. The van der Waals surface area contributed by atoms with Crippen molar-refractivity contribution in [1.82, 2.24) is 4.57 Å². The molecule has 1 fully saturated rings. The second-order valence-electron chi connectivity index (χ2n) is 5.94. The summed E-state index contributed by atoms with van der Waals surface area (Å²) in [5, 5.41) is 10.4. The number of carboxylic acid groups (broad SMARTS) is 1. The molecule has 1 saturated heterocycles. The maximum absolute atomic E-state index is 11.1. The highest BCUT2D eigenvalue weighted by atomic mass is 16.4. The van der Waals surface area contributed by atoms with Gasteiger partial charge in [0.25, 0.3) is 0 Å². The Morgan fingerprint density at radius 3 is 2.80 bits per heavy atom. The van der Waals surface area contributed by atoms with E-state index in [1.807, 2.05) is 12.1 Å². The minimum atomic E-state index is -0.764. The lowest BCUT2D eigenvalue weighted by Crippen LogP contribution is -2.39. The number of carboxylic acids is 1. The number of hydrogen-bond donors (Lipinski definition) is 1. The molecule has 1 aromatic heterocycles. The normalized spacial score (nSPS) is 17.8. The molecule has 0 radical (unpaired) electrons. The van der Waals surface area contributed by atoms with E-state index in [0.717, 1.165) is 24.2 Å². The zero-order chi connectivity index (χ0) is 13.9. The maximum Gasteiger partial charge on any atom is 0.307 e. The van der Waals surface area contributed by atoms with Crippen molar-refractivity contribution in [3.63, 3.8) is 0 Å². The van der Waals surface area contributed by atoms with Gasteiger partial charge in [-0.05, 0) is 24.3 Å². The summed E-state index contributed by atoms with van der Waals surface area (Å²) in [5.41, 5.74) is 3.48. The Balaban J connectivity index is 2.03. The Labute approximate surface area is 117 Å². The monoisotopic (exact) mass is 270 g/mol. The zero-order valence-electron chi connectivity index (χ0n) is 11.6. The molecular formula is C16H18N2O2. The molecule has 4 heteroatoms. The van der Waals surface area contributed by atoms with Crippen LogP contribution in [0.3, 0.4) is 0 Å². The van der Waals surface area contributed by atoms with Crippen LogP contribution in [0.25, 0.3) is 10.9 Å². The molecule has 3 aliphatic rings. The van der Waals surface area contributed by atoms with Crippen molar-refractivity contribution >= 4 is 22.7 Å². The fraction of sp³-hybridized carbons (Fsp3) is 0.438. The van der Waals surface area contributed by atoms with E-state index in [4.69, 9.17) is 5.11 Å². The van der Waals surface area contributed by atoms with Crippen LogP contribution in [0.15, 0.2) is 18.2 Å². The highest BCUT2D eigenvalue weighted by molar-refractivity contribution is 5.95. The Morgan fingerprint density at radius 1 is 1.35 bits per heavy atom. The molecule has 0 spiro atoms. The van der Waals surface area contributed by atoms with Gasteiger partial charge in [-0.2, -0.15) is 0 Å². The van der Waals surface area contributed by atoms with Gasteiger partial charge in [-0.25, -0.2) is 0 Å². The van der Waals surface area contributed by atoms with Gasteiger partial charge in [0, 0.05) is 31.1 Å². The highest BCUT2D eigenvalue weighted by Gasteiger charge is 2.35. The molecular weight excluding hydrogens is 252 g/mol. The Morgan fingerprint density at radius 2 is 2.10 bits per heavy atom. The third-order valence-electron chi connectivity index (χ3n) is 4.85. The van der Waals surface area contributed by atoms with Gasteiger partial charge in [0.15, 0.2) is 0 Å². The van der Waals surface area contributed by atoms with E-state index >= 15 is 0 Å². The maximum atomic E-state index is 11.1. The molecule has 1 aromatic carbocycles. The van der Waals surface area contributed by atoms with Crippen LogP contribution in [0.5, 0.6) is 0 Å². The quantitative estimate of drug-likeness (QED) is 0.912. The number of aromatic nitrogens is 1. The van der Waals surface area contributed by atoms with E-state index in [-0.39, 0.29) is 6.42 Å². The van der Waals surface area contributed by atoms with Crippen LogP contribution in [-0.2, 0) is 18.3 Å². The third-order valence-corrected chi connectivity index (χ3v) is 4.85. The number of piperidine rings is 1. The fourth-order valence-electron chi connectivity index (χ4n) is 4.08. The molecule has 1 N–H and O–H groups in total. The van der Waals surface area contributed by atoms with Crippen LogP contribution >= 0.6 is 0 Å². The van der Waals surface area contributed by atoms with Gasteiger partial charge in [-0.15, -0.1) is 0 Å². The number of nitrogens with zero attached hydrogens (tertiary/aromatic N) is 2. The first-order valence-corrected chi connectivity index (χ1v) is 7.23. The molecule has 5 rings (SSSR count). The summed E-state index contributed by atoms with van der Waals surface area (Å²) in [4.78, 5) is 13.5. The summed E-state index contributed by atoms with van der Waals surface area (Å²) in [6.07, 6.45) is 2.56. The van der Waals surface area contributed by atoms with Crippen LogP contribution < -0.4 is 4.90 Å². The lowest BCUT2D eigenvalue weighted by molar-refractivity contribution is -0.136. The second kappa shape index (κ2) is 4.01. The van der Waals surface area contributed by atoms with Crippen LogP contribution in [0, 0.1) is 0 Å². The molecule has 0 atom stereocenters. The number of para-hydroxylation sites is 1. The van der Waals surface area contributed by atoms with E-state index in [0.29, 0.717) is 5.92 Å². The van der Waals surface area contributed by atoms with Crippen LogP contribution in [0.1, 0.15) is 29.9 Å². The topological polar surface area (TPSA) is 45.5 Å². The zero-order valence-corrected chi connectivity index (χ0v) is 11.6. The Kier molecular flexibility index (Phi) is 2.37. The molecule has 0 amide bonds. The number of benzene rings is 1. The van der Waals surface area contributed by atoms with E-state index < -0.39 is 5.97 Å². The minimum absolute atomic E-state index is 0.0960. The molecule has 4 nitrogen and oxygen atoms in total. The van der Waals surface area contributed by atoms with Crippen molar-refractivity contribution in [1.29, 1.82) is 0 Å². The summed E-state index contributed by atoms with van der Waals surface area (Å²) in [7, 11) is 2.08. The van der Waals surface area contributed by atoms with Gasteiger partial charge in [0.2, 0.25) is 0 Å². The van der Waals surface area contributed by atoms with Crippen LogP contribution in [0.2, 0.25) is 0 Å². The van der Waals surface area contributed by atoms with Gasteiger partial charge >= 0.3 is 5.97 Å². The fourth-order valence-corrected chi connectivity index (χ4v) is 4.08. The lowest BCUT2D eigenvalue weighted by atomic mass is 9.84. The lowest BCUT2D eigenvalue weighted by Gasteiger charge is -2.41. The summed E-state index contributed by atoms with van der Waals surface area (Å²) in [5.74, 6) is 1.21. The molecule has 0 unspecified atom stereocenters. The number of anilines is 1. The van der Waals surface area contributed by atoms with Crippen molar-refractivity contribution in [3.05, 3.63) is 29.3 Å². The molecule has 0 saturated carbocycles. The molecule has 4 heterocycles. The van der Waals surface area contributed by atoms with Crippen molar-refractivity contribution in [2.45, 2.75) is 25.2 Å². The third kappa shape index (κ3) is 1.45. The first kappa shape index (κ1) is 11.8. The van der Waals surface area contributed by atoms with Gasteiger partial charge < -0.3 is 14.6 Å². The number of aliphatic carboxylic acids is 1. The molecule has 2 aromatic rings. The summed E-state index contributed by atoms with van der Waals surface area (Å²) in [6, 6.07) is 6.10. The van der Waals surface area contributed by atoms with E-state index in [2.05, 4.69) is 22.6 Å². The van der Waals surface area contributed by atoms with Crippen molar-refractivity contribution in [3.8, 4) is 0 Å². The molecule has 104 valence electrons. The predicted molar refractivity (Wildman–Crippen MR) is 78.4 cm³/mol. The van der Waals surface area contributed by atoms with E-state index in [9.17, 15) is 4.79 Å².